The third-order valence-electron chi connectivity index (χ3n) is 9.90. The summed E-state index contributed by atoms with van der Waals surface area (Å²) in [5.74, 6) is -0.973. The van der Waals surface area contributed by atoms with Gasteiger partial charge >= 0.3 is 12.1 Å². The minimum absolute atomic E-state index is 0.0180. The van der Waals surface area contributed by atoms with Gasteiger partial charge in [-0.1, -0.05) is 121 Å². The predicted molar refractivity (Wildman–Crippen MR) is 239 cm³/mol. The minimum Gasteiger partial charge on any atom is -0.461 e. The van der Waals surface area contributed by atoms with Crippen molar-refractivity contribution in [1.29, 1.82) is 0 Å². The summed E-state index contributed by atoms with van der Waals surface area (Å²) in [4.78, 5) is 38.1. The molecule has 1 heterocycles. The van der Waals surface area contributed by atoms with Crippen molar-refractivity contribution in [2.24, 2.45) is 0 Å². The predicted octanol–water partition coefficient (Wildman–Crippen LogP) is 7.07. The van der Waals surface area contributed by atoms with Crippen LogP contribution in [0.5, 0.6) is 0 Å². The Balaban J connectivity index is 1.07. The summed E-state index contributed by atoms with van der Waals surface area (Å²) in [6.45, 7) is 9.64. The van der Waals surface area contributed by atoms with Crippen LogP contribution in [0.3, 0.4) is 0 Å². The van der Waals surface area contributed by atoms with Crippen LogP contribution in [0.2, 0.25) is 0 Å². The van der Waals surface area contributed by atoms with Crippen LogP contribution in [0.4, 0.5) is 4.79 Å². The number of ether oxygens (including phenoxy) is 9. The summed E-state index contributed by atoms with van der Waals surface area (Å²) in [6.07, 6.45) is -3.60. The third kappa shape index (κ3) is 18.5. The molecule has 6 atom stereocenters. The molecule has 0 aromatic heterocycles. The lowest BCUT2D eigenvalue weighted by atomic mass is 9.98. The van der Waals surface area contributed by atoms with Crippen molar-refractivity contribution in [2.45, 2.75) is 109 Å². The van der Waals surface area contributed by atoms with Gasteiger partial charge in [0.15, 0.2) is 6.29 Å². The number of rotatable bonds is 26. The van der Waals surface area contributed by atoms with E-state index in [0.717, 1.165) is 22.3 Å². The second-order valence-corrected chi connectivity index (χ2v) is 16.3. The van der Waals surface area contributed by atoms with Crippen molar-refractivity contribution in [3.05, 3.63) is 144 Å². The monoisotopic (exact) mass is 884 g/mol. The van der Waals surface area contributed by atoms with E-state index < -0.39 is 54.2 Å². The maximum atomic E-state index is 13.1. The zero-order chi connectivity index (χ0) is 45.4. The van der Waals surface area contributed by atoms with Gasteiger partial charge in [0.25, 0.3) is 0 Å². The van der Waals surface area contributed by atoms with Crippen molar-refractivity contribution in [2.75, 3.05) is 39.6 Å². The molecule has 4 aromatic carbocycles. The number of esters is 1. The van der Waals surface area contributed by atoms with E-state index in [-0.39, 0.29) is 65.1 Å². The lowest BCUT2D eigenvalue weighted by Gasteiger charge is -2.45. The fourth-order valence-corrected chi connectivity index (χ4v) is 6.71. The molecule has 1 saturated heterocycles. The van der Waals surface area contributed by atoms with Crippen LogP contribution in [0.1, 0.15) is 62.8 Å². The van der Waals surface area contributed by atoms with E-state index in [1.165, 1.54) is 0 Å². The molecule has 5 rings (SSSR count). The van der Waals surface area contributed by atoms with Gasteiger partial charge in [0.2, 0.25) is 5.91 Å². The molecule has 4 aromatic rings. The number of benzene rings is 4. The first kappa shape index (κ1) is 49.8. The SMILES string of the molecule is C[C@@H]1O[C@@H](OCCOCCOCCNC(=O)[C@H](CCC(=O)OCc2ccccc2)NC(=O)OC(C)(C)C)[C@@H](OCc2ccccc2)[C@H](OCc2ccccc2)[C@@H]1OCc1ccccc1. The smallest absolute Gasteiger partial charge is 0.408 e. The second-order valence-electron chi connectivity index (χ2n) is 16.3. The maximum absolute atomic E-state index is 13.1. The van der Waals surface area contributed by atoms with E-state index in [0.29, 0.717) is 19.8 Å². The van der Waals surface area contributed by atoms with Crippen LogP contribution in [-0.2, 0) is 78.6 Å². The molecule has 14 heteroatoms. The Labute approximate surface area is 377 Å². The van der Waals surface area contributed by atoms with E-state index in [1.807, 2.05) is 128 Å². The highest BCUT2D eigenvalue weighted by Gasteiger charge is 2.47. The van der Waals surface area contributed by atoms with Crippen molar-refractivity contribution < 1.29 is 57.0 Å². The average Bonchev–Trinajstić information content (AvgIpc) is 3.29. The Bertz CT molecular complexity index is 1920. The average molecular weight is 885 g/mol. The molecule has 14 nitrogen and oxygen atoms in total. The number of hydrogen-bond donors (Lipinski definition) is 2. The Kier molecular flexibility index (Phi) is 21.2. The maximum Gasteiger partial charge on any atom is 0.408 e. The minimum atomic E-state index is -1.03. The topological polar surface area (TPSA) is 158 Å². The molecule has 64 heavy (non-hydrogen) atoms. The number of amides is 2. The normalized spacial score (nSPS) is 19.0. The van der Waals surface area contributed by atoms with Crippen molar-refractivity contribution in [1.82, 2.24) is 10.6 Å². The summed E-state index contributed by atoms with van der Waals surface area (Å²) >= 11 is 0. The Morgan fingerprint density at radius 3 is 1.59 bits per heavy atom. The van der Waals surface area contributed by atoms with Crippen LogP contribution in [0.25, 0.3) is 0 Å². The van der Waals surface area contributed by atoms with Crippen LogP contribution >= 0.6 is 0 Å². The van der Waals surface area contributed by atoms with Crippen molar-refractivity contribution in [3.63, 3.8) is 0 Å². The first-order valence-electron chi connectivity index (χ1n) is 21.9. The fourth-order valence-electron chi connectivity index (χ4n) is 6.71. The molecule has 0 aliphatic carbocycles. The number of alkyl carbamates (subject to hydrolysis) is 1. The molecule has 0 radical (unpaired) electrons. The summed E-state index contributed by atoms with van der Waals surface area (Å²) in [6, 6.07) is 38.1. The largest absolute Gasteiger partial charge is 0.461 e. The van der Waals surface area contributed by atoms with Crippen molar-refractivity contribution >= 4 is 18.0 Å². The second kappa shape index (κ2) is 27.2. The highest BCUT2D eigenvalue weighted by molar-refractivity contribution is 5.86. The van der Waals surface area contributed by atoms with Gasteiger partial charge in [-0.2, -0.15) is 0 Å². The quantitative estimate of drug-likeness (QED) is 0.0489. The number of hydrogen-bond acceptors (Lipinski definition) is 12. The molecule has 2 N–H and O–H groups in total. The highest BCUT2D eigenvalue weighted by Crippen LogP contribution is 2.31. The summed E-state index contributed by atoms with van der Waals surface area (Å²) in [5, 5.41) is 5.33. The van der Waals surface area contributed by atoms with Crippen LogP contribution < -0.4 is 10.6 Å². The lowest BCUT2D eigenvalue weighted by Crippen LogP contribution is -2.60. The van der Waals surface area contributed by atoms with Gasteiger partial charge in [0, 0.05) is 13.0 Å². The molecule has 1 aliphatic heterocycles. The first-order chi connectivity index (χ1) is 31.0. The van der Waals surface area contributed by atoms with Crippen LogP contribution in [0.15, 0.2) is 121 Å². The Morgan fingerprint density at radius 1 is 0.594 bits per heavy atom. The van der Waals surface area contributed by atoms with E-state index in [2.05, 4.69) is 10.6 Å². The van der Waals surface area contributed by atoms with E-state index in [1.54, 1.807) is 20.8 Å². The molecule has 346 valence electrons. The van der Waals surface area contributed by atoms with Gasteiger partial charge < -0.3 is 53.3 Å². The molecule has 0 bridgehead atoms. The van der Waals surface area contributed by atoms with Crippen LogP contribution in [-0.4, -0.2) is 99.9 Å². The van der Waals surface area contributed by atoms with Gasteiger partial charge in [0.05, 0.1) is 59.0 Å². The highest BCUT2D eigenvalue weighted by atomic mass is 16.7. The Morgan fingerprint density at radius 2 is 1.06 bits per heavy atom. The summed E-state index contributed by atoms with van der Waals surface area (Å²) in [5.41, 5.74) is 3.13. The summed E-state index contributed by atoms with van der Waals surface area (Å²) < 4.78 is 54.7. The van der Waals surface area contributed by atoms with E-state index >= 15 is 0 Å². The van der Waals surface area contributed by atoms with Gasteiger partial charge in [-0.3, -0.25) is 9.59 Å². The standard InChI is InChI=1S/C50H64N2O12/c1-37-44(60-34-39-19-11-6-12-20-39)45(61-35-40-21-13-7-14-22-40)46(62-36-41-23-15-8-16-24-41)48(63-37)58-32-31-57-30-29-56-28-27-51-47(54)42(52-49(55)64-50(2,3)4)25-26-43(53)59-33-38-17-9-5-10-18-38/h5-24,37,42,44-46,48H,25-36H2,1-4H3,(H,51,54)(H,52,55)/t37-,42-,44+,45+,46-,48+/m0/s1. The van der Waals surface area contributed by atoms with Gasteiger partial charge in [0.1, 0.15) is 36.6 Å². The molecule has 0 saturated carbocycles. The molecule has 1 aliphatic rings. The Hall–Kier alpha value is -5.19. The number of carbonyl (C=O) groups excluding carboxylic acids is 3. The molecule has 1 fully saturated rings. The number of nitrogens with one attached hydrogen (secondary N) is 2. The molecule has 0 unspecified atom stereocenters. The van der Waals surface area contributed by atoms with Gasteiger partial charge in [-0.05, 0) is 56.4 Å². The van der Waals surface area contributed by atoms with E-state index in [9.17, 15) is 14.4 Å². The fraction of sp³-hybridized carbons (Fsp3) is 0.460. The molecule has 2 amide bonds. The molecular formula is C50H64N2O12. The molecule has 0 spiro atoms. The third-order valence-corrected chi connectivity index (χ3v) is 9.90. The number of carbonyl (C=O) groups is 3. The van der Waals surface area contributed by atoms with E-state index in [4.69, 9.17) is 42.6 Å². The first-order valence-corrected chi connectivity index (χ1v) is 21.9. The van der Waals surface area contributed by atoms with Gasteiger partial charge in [-0.25, -0.2) is 4.79 Å². The lowest BCUT2D eigenvalue weighted by molar-refractivity contribution is -0.321. The zero-order valence-corrected chi connectivity index (χ0v) is 37.4. The van der Waals surface area contributed by atoms with Crippen LogP contribution in [0, 0.1) is 0 Å². The zero-order valence-electron chi connectivity index (χ0n) is 37.4. The molecular weight excluding hydrogens is 821 g/mol. The summed E-state index contributed by atoms with van der Waals surface area (Å²) in [7, 11) is 0. The van der Waals surface area contributed by atoms with Crippen molar-refractivity contribution in [3.8, 4) is 0 Å². The van der Waals surface area contributed by atoms with Gasteiger partial charge in [-0.15, -0.1) is 0 Å².